The van der Waals surface area contributed by atoms with Gasteiger partial charge in [0.2, 0.25) is 0 Å². The van der Waals surface area contributed by atoms with E-state index in [1.54, 1.807) is 30.3 Å². The van der Waals surface area contributed by atoms with Gasteiger partial charge in [0.25, 0.3) is 5.91 Å². The quantitative estimate of drug-likeness (QED) is 0.108. The van der Waals surface area contributed by atoms with Crippen molar-refractivity contribution in [2.45, 2.75) is 20.5 Å². The molecule has 2 aromatic heterocycles. The maximum atomic E-state index is 13.4. The molecule has 3 aromatic carbocycles. The van der Waals surface area contributed by atoms with Crippen LogP contribution in [0.5, 0.6) is 17.2 Å². The lowest BCUT2D eigenvalue weighted by Crippen LogP contribution is -2.20. The molecular weight excluding hydrogens is 659 g/mol. The number of hydrogen-bond acceptors (Lipinski definition) is 7. The second-order valence-corrected chi connectivity index (χ2v) is 10.9. The van der Waals surface area contributed by atoms with Crippen molar-refractivity contribution < 1.29 is 32.6 Å². The van der Waals surface area contributed by atoms with Gasteiger partial charge in [-0.05, 0) is 109 Å². The Kier molecular flexibility index (Phi) is 10.2. The van der Waals surface area contributed by atoms with Crippen LogP contribution in [0.25, 0.3) is 5.69 Å². The van der Waals surface area contributed by atoms with Gasteiger partial charge in [0.15, 0.2) is 23.9 Å². The smallest absolute Gasteiger partial charge is 0.307 e. The van der Waals surface area contributed by atoms with Crippen LogP contribution < -0.4 is 25.0 Å². The first kappa shape index (κ1) is 32.0. The average Bonchev–Trinajstić information content (AvgIpc) is 3.66. The van der Waals surface area contributed by atoms with Gasteiger partial charge in [-0.1, -0.05) is 6.07 Å². The number of carbonyl (C=O) groups excluding carboxylic acids is 2. The molecule has 5 aromatic rings. The molecule has 0 atom stereocenters. The minimum Gasteiger partial charge on any atom is -0.493 e. The number of nitrogens with zero attached hydrogens (tertiary/aromatic N) is 2. The highest BCUT2D eigenvalue weighted by Crippen LogP contribution is 2.33. The van der Waals surface area contributed by atoms with Crippen molar-refractivity contribution in [2.75, 3.05) is 19.0 Å². The SMILES string of the molecule is COc1cc(/C=N/NC(=O)c2ccc(COc3ccc(-n4c(C)ccc4C)cc3)o2)c(Br)cc1OCC(=O)Nc1cccc(F)c1. The first-order chi connectivity index (χ1) is 22.2. The van der Waals surface area contributed by atoms with Gasteiger partial charge < -0.3 is 28.5 Å². The molecule has 0 bridgehead atoms. The van der Waals surface area contributed by atoms with E-state index in [9.17, 15) is 14.0 Å². The number of halogens is 2. The Bertz CT molecular complexity index is 1860. The number of rotatable bonds is 12. The highest BCUT2D eigenvalue weighted by Gasteiger charge is 2.14. The molecule has 5 rings (SSSR count). The standard InChI is InChI=1S/C34H30BrFN4O6/c1-21-7-8-22(2)40(21)26-9-11-27(12-10-26)44-19-28-13-14-30(46-28)34(42)39-37-18-23-15-31(43-3)32(17-29(23)35)45-20-33(41)38-25-6-4-5-24(36)16-25/h4-18H,19-20H2,1-3H3,(H,38,41)(H,39,42)/b37-18+. The maximum absolute atomic E-state index is 13.4. The largest absolute Gasteiger partial charge is 0.493 e. The number of hydrogen-bond donors (Lipinski definition) is 2. The van der Waals surface area contributed by atoms with Crippen LogP contribution in [0.1, 0.15) is 33.3 Å². The predicted molar refractivity (Wildman–Crippen MR) is 175 cm³/mol. The number of benzene rings is 3. The zero-order chi connectivity index (χ0) is 32.6. The van der Waals surface area contributed by atoms with E-state index in [1.807, 2.05) is 24.3 Å². The van der Waals surface area contributed by atoms with E-state index in [0.29, 0.717) is 33.0 Å². The summed E-state index contributed by atoms with van der Waals surface area (Å²) in [5.74, 6) is 0.349. The zero-order valence-corrected chi connectivity index (χ0v) is 26.8. The molecule has 0 fully saturated rings. The molecule has 2 heterocycles. The number of hydrazone groups is 1. The highest BCUT2D eigenvalue weighted by atomic mass is 79.9. The molecule has 46 heavy (non-hydrogen) atoms. The lowest BCUT2D eigenvalue weighted by molar-refractivity contribution is -0.118. The molecule has 2 N–H and O–H groups in total. The number of aryl methyl sites for hydroxylation is 2. The van der Waals surface area contributed by atoms with E-state index < -0.39 is 17.6 Å². The van der Waals surface area contributed by atoms with Crippen molar-refractivity contribution >= 4 is 39.6 Å². The molecule has 0 unspecified atom stereocenters. The van der Waals surface area contributed by atoms with Crippen molar-refractivity contribution in [1.82, 2.24) is 9.99 Å². The summed E-state index contributed by atoms with van der Waals surface area (Å²) in [6, 6.07) is 23.9. The van der Waals surface area contributed by atoms with Gasteiger partial charge in [-0.2, -0.15) is 5.10 Å². The molecule has 2 amide bonds. The third kappa shape index (κ3) is 8.02. The van der Waals surface area contributed by atoms with E-state index >= 15 is 0 Å². The summed E-state index contributed by atoms with van der Waals surface area (Å²) < 4.78 is 38.6. The Morgan fingerprint density at radius 1 is 0.957 bits per heavy atom. The molecule has 10 nitrogen and oxygen atoms in total. The second-order valence-electron chi connectivity index (χ2n) is 10.1. The van der Waals surface area contributed by atoms with Crippen molar-refractivity contribution in [3.05, 3.63) is 124 Å². The van der Waals surface area contributed by atoms with Gasteiger partial charge in [-0.15, -0.1) is 0 Å². The minimum absolute atomic E-state index is 0.0709. The van der Waals surface area contributed by atoms with E-state index in [2.05, 4.69) is 62.3 Å². The number of anilines is 1. The van der Waals surface area contributed by atoms with E-state index in [-0.39, 0.29) is 24.7 Å². The Labute approximate surface area is 272 Å². The maximum Gasteiger partial charge on any atom is 0.307 e. The Morgan fingerprint density at radius 3 is 2.43 bits per heavy atom. The van der Waals surface area contributed by atoms with Crippen molar-refractivity contribution in [3.63, 3.8) is 0 Å². The van der Waals surface area contributed by atoms with Crippen LogP contribution >= 0.6 is 15.9 Å². The first-order valence-electron chi connectivity index (χ1n) is 14.1. The summed E-state index contributed by atoms with van der Waals surface area (Å²) in [5.41, 5.74) is 6.65. The number of carbonyl (C=O) groups is 2. The van der Waals surface area contributed by atoms with E-state index in [4.69, 9.17) is 18.6 Å². The number of amides is 2. The summed E-state index contributed by atoms with van der Waals surface area (Å²) in [6.45, 7) is 3.92. The molecular formula is C34H30BrFN4O6. The van der Waals surface area contributed by atoms with Gasteiger partial charge in [0.1, 0.15) is 23.9 Å². The molecule has 0 saturated carbocycles. The Morgan fingerprint density at radius 2 is 1.72 bits per heavy atom. The van der Waals surface area contributed by atoms with Crippen LogP contribution in [-0.4, -0.2) is 36.3 Å². The van der Waals surface area contributed by atoms with E-state index in [1.165, 1.54) is 31.5 Å². The Balaban J connectivity index is 1.12. The molecule has 12 heteroatoms. The normalized spacial score (nSPS) is 11.0. The van der Waals surface area contributed by atoms with Crippen LogP contribution in [0.2, 0.25) is 0 Å². The number of furan rings is 1. The zero-order valence-electron chi connectivity index (χ0n) is 25.2. The van der Waals surface area contributed by atoms with Crippen LogP contribution in [0, 0.1) is 19.7 Å². The third-order valence-corrected chi connectivity index (χ3v) is 7.44. The molecule has 0 aliphatic heterocycles. The number of methoxy groups -OCH3 is 1. The monoisotopic (exact) mass is 688 g/mol. The molecule has 0 saturated heterocycles. The first-order valence-corrected chi connectivity index (χ1v) is 14.9. The number of nitrogens with one attached hydrogen (secondary N) is 2. The van der Waals surface area contributed by atoms with Gasteiger partial charge >= 0.3 is 5.91 Å². The third-order valence-electron chi connectivity index (χ3n) is 6.75. The summed E-state index contributed by atoms with van der Waals surface area (Å²) >= 11 is 3.44. The predicted octanol–water partition coefficient (Wildman–Crippen LogP) is 6.96. The highest BCUT2D eigenvalue weighted by molar-refractivity contribution is 9.10. The lowest BCUT2D eigenvalue weighted by Gasteiger charge is -2.13. The van der Waals surface area contributed by atoms with E-state index in [0.717, 1.165) is 17.1 Å². The minimum atomic E-state index is -0.545. The fraction of sp³-hybridized carbons (Fsp3) is 0.147. The summed E-state index contributed by atoms with van der Waals surface area (Å²) in [7, 11) is 1.45. The van der Waals surface area contributed by atoms with Crippen LogP contribution in [0.4, 0.5) is 10.1 Å². The van der Waals surface area contributed by atoms with Crippen LogP contribution in [0.3, 0.4) is 0 Å². The fourth-order valence-electron chi connectivity index (χ4n) is 4.54. The van der Waals surface area contributed by atoms with Crippen molar-refractivity contribution in [2.24, 2.45) is 5.10 Å². The van der Waals surface area contributed by atoms with Gasteiger partial charge in [-0.3, -0.25) is 9.59 Å². The average molecular weight is 690 g/mol. The molecule has 0 aliphatic rings. The summed E-state index contributed by atoms with van der Waals surface area (Å²) in [6.07, 6.45) is 1.41. The number of aromatic nitrogens is 1. The van der Waals surface area contributed by atoms with Crippen molar-refractivity contribution in [1.29, 1.82) is 0 Å². The Hall–Kier alpha value is -5.36. The molecule has 0 spiro atoms. The summed E-state index contributed by atoms with van der Waals surface area (Å²) in [5, 5.41) is 6.58. The fourth-order valence-corrected chi connectivity index (χ4v) is 4.97. The molecule has 0 radical (unpaired) electrons. The van der Waals surface area contributed by atoms with Gasteiger partial charge in [0, 0.05) is 32.8 Å². The molecule has 0 aliphatic carbocycles. The van der Waals surface area contributed by atoms with Crippen LogP contribution in [-0.2, 0) is 11.4 Å². The molecule has 236 valence electrons. The van der Waals surface area contributed by atoms with Crippen LogP contribution in [0.15, 0.2) is 98.9 Å². The topological polar surface area (TPSA) is 116 Å². The number of ether oxygens (including phenoxy) is 3. The van der Waals surface area contributed by atoms with Crippen molar-refractivity contribution in [3.8, 4) is 22.9 Å². The van der Waals surface area contributed by atoms with Gasteiger partial charge in [0.05, 0.1) is 13.3 Å². The summed E-state index contributed by atoms with van der Waals surface area (Å²) in [4.78, 5) is 24.9. The lowest BCUT2D eigenvalue weighted by atomic mass is 10.2. The van der Waals surface area contributed by atoms with Gasteiger partial charge in [-0.25, -0.2) is 9.82 Å². The second kappa shape index (κ2) is 14.6.